The number of amides is 1. The van der Waals surface area contributed by atoms with Crippen molar-refractivity contribution in [1.29, 1.82) is 0 Å². The number of pyridine rings is 1. The summed E-state index contributed by atoms with van der Waals surface area (Å²) in [5, 5.41) is 3.52. The minimum absolute atomic E-state index is 0.00503. The number of hydrogen-bond donors (Lipinski definition) is 1. The van der Waals surface area contributed by atoms with Crippen LogP contribution < -0.4 is 10.7 Å². The van der Waals surface area contributed by atoms with Crippen LogP contribution in [0.2, 0.25) is 5.02 Å². The van der Waals surface area contributed by atoms with Crippen LogP contribution in [-0.4, -0.2) is 10.5 Å². The van der Waals surface area contributed by atoms with Crippen molar-refractivity contribution < 1.29 is 9.18 Å². The van der Waals surface area contributed by atoms with Crippen molar-refractivity contribution in [3.63, 3.8) is 0 Å². The molecule has 0 atom stereocenters. The highest BCUT2D eigenvalue weighted by Crippen LogP contribution is 2.17. The second-order valence-corrected chi connectivity index (χ2v) is 5.46. The van der Waals surface area contributed by atoms with Gasteiger partial charge in [0.1, 0.15) is 12.4 Å². The van der Waals surface area contributed by atoms with Crippen LogP contribution in [-0.2, 0) is 11.3 Å². The Hall–Kier alpha value is -2.66. The van der Waals surface area contributed by atoms with E-state index in [2.05, 4.69) is 5.32 Å². The zero-order chi connectivity index (χ0) is 16.4. The highest BCUT2D eigenvalue weighted by molar-refractivity contribution is 6.31. The predicted octanol–water partition coefficient (Wildman–Crippen LogP) is 3.43. The summed E-state index contributed by atoms with van der Waals surface area (Å²) >= 11 is 5.91. The maximum atomic E-state index is 13.1. The molecule has 4 nitrogen and oxygen atoms in total. The second-order valence-electron chi connectivity index (χ2n) is 5.03. The number of carbonyl (C=O) groups excluding carboxylic acids is 1. The van der Waals surface area contributed by atoms with Crippen molar-refractivity contribution in [1.82, 2.24) is 4.57 Å². The van der Waals surface area contributed by atoms with Gasteiger partial charge in [0.25, 0.3) is 0 Å². The summed E-state index contributed by atoms with van der Waals surface area (Å²) in [5.41, 5.74) is 0.823. The molecule has 3 rings (SSSR count). The Kier molecular flexibility index (Phi) is 4.12. The van der Waals surface area contributed by atoms with Crippen LogP contribution in [0.3, 0.4) is 0 Å². The molecular weight excluding hydrogens is 319 g/mol. The maximum Gasteiger partial charge on any atom is 0.244 e. The van der Waals surface area contributed by atoms with Gasteiger partial charge in [-0.05, 0) is 36.4 Å². The summed E-state index contributed by atoms with van der Waals surface area (Å²) in [6, 6.07) is 12.0. The van der Waals surface area contributed by atoms with E-state index in [1.54, 1.807) is 35.0 Å². The predicted molar refractivity (Wildman–Crippen MR) is 88.2 cm³/mol. The highest BCUT2D eigenvalue weighted by atomic mass is 35.5. The smallest absolute Gasteiger partial charge is 0.244 e. The Morgan fingerprint density at radius 1 is 1.17 bits per heavy atom. The van der Waals surface area contributed by atoms with Crippen LogP contribution in [0.5, 0.6) is 0 Å². The third-order valence-corrected chi connectivity index (χ3v) is 3.60. The van der Waals surface area contributed by atoms with E-state index in [1.807, 2.05) is 0 Å². The van der Waals surface area contributed by atoms with Crippen LogP contribution in [0.25, 0.3) is 10.9 Å². The molecule has 0 spiro atoms. The summed E-state index contributed by atoms with van der Waals surface area (Å²) < 4.78 is 14.8. The zero-order valence-corrected chi connectivity index (χ0v) is 12.7. The Morgan fingerprint density at radius 2 is 2.00 bits per heavy atom. The van der Waals surface area contributed by atoms with Gasteiger partial charge in [0.15, 0.2) is 5.43 Å². The fourth-order valence-electron chi connectivity index (χ4n) is 2.34. The molecule has 0 radical (unpaired) electrons. The standard InChI is InChI=1S/C17H12ClFN2O2/c18-11-4-5-15-14(8-11)16(22)6-7-21(15)10-17(23)20-13-3-1-2-12(19)9-13/h1-9H,10H2,(H,20,23). The minimum Gasteiger partial charge on any atom is -0.338 e. The van der Waals surface area contributed by atoms with Crippen molar-refractivity contribution >= 4 is 34.1 Å². The van der Waals surface area contributed by atoms with E-state index in [4.69, 9.17) is 11.6 Å². The average Bonchev–Trinajstić information content (AvgIpc) is 2.50. The van der Waals surface area contributed by atoms with E-state index in [0.717, 1.165) is 0 Å². The summed E-state index contributed by atoms with van der Waals surface area (Å²) in [6.45, 7) is -0.00503. The van der Waals surface area contributed by atoms with E-state index >= 15 is 0 Å². The van der Waals surface area contributed by atoms with E-state index in [1.165, 1.54) is 24.3 Å². The van der Waals surface area contributed by atoms with Crippen LogP contribution in [0, 0.1) is 5.82 Å². The molecular formula is C17H12ClFN2O2. The van der Waals surface area contributed by atoms with Gasteiger partial charge in [-0.1, -0.05) is 17.7 Å². The van der Waals surface area contributed by atoms with Crippen molar-refractivity contribution in [2.24, 2.45) is 0 Å². The molecule has 0 saturated heterocycles. The van der Waals surface area contributed by atoms with Crippen LogP contribution in [0.4, 0.5) is 10.1 Å². The SMILES string of the molecule is O=C(Cn1ccc(=O)c2cc(Cl)ccc21)Nc1cccc(F)c1. The fraction of sp³-hybridized carbons (Fsp3) is 0.0588. The van der Waals surface area contributed by atoms with Gasteiger partial charge >= 0.3 is 0 Å². The molecule has 1 amide bonds. The molecule has 0 fully saturated rings. The number of halogens is 2. The molecule has 3 aromatic rings. The van der Waals surface area contributed by atoms with Gasteiger partial charge < -0.3 is 9.88 Å². The Balaban J connectivity index is 1.88. The van der Waals surface area contributed by atoms with E-state index in [9.17, 15) is 14.0 Å². The van der Waals surface area contributed by atoms with Gasteiger partial charge in [0.2, 0.25) is 5.91 Å². The first kappa shape index (κ1) is 15.2. The molecule has 0 unspecified atom stereocenters. The number of carbonyl (C=O) groups is 1. The Labute approximate surface area is 136 Å². The number of fused-ring (bicyclic) bond motifs is 1. The quantitative estimate of drug-likeness (QED) is 0.800. The van der Waals surface area contributed by atoms with Crippen molar-refractivity contribution in [2.45, 2.75) is 6.54 Å². The van der Waals surface area contributed by atoms with Crippen LogP contribution in [0.15, 0.2) is 59.5 Å². The lowest BCUT2D eigenvalue weighted by Crippen LogP contribution is -2.20. The van der Waals surface area contributed by atoms with E-state index < -0.39 is 5.82 Å². The number of nitrogens with one attached hydrogen (secondary N) is 1. The number of hydrogen-bond acceptors (Lipinski definition) is 2. The number of rotatable bonds is 3. The third kappa shape index (κ3) is 3.40. The lowest BCUT2D eigenvalue weighted by atomic mass is 10.2. The molecule has 116 valence electrons. The number of anilines is 1. The van der Waals surface area contributed by atoms with Gasteiger partial charge in [-0.15, -0.1) is 0 Å². The summed E-state index contributed by atoms with van der Waals surface area (Å²) in [5.74, 6) is -0.748. The molecule has 1 aromatic heterocycles. The first-order valence-electron chi connectivity index (χ1n) is 6.87. The third-order valence-electron chi connectivity index (χ3n) is 3.36. The molecule has 0 saturated carbocycles. The summed E-state index contributed by atoms with van der Waals surface area (Å²) in [6.07, 6.45) is 1.55. The Bertz CT molecular complexity index is 953. The normalized spacial score (nSPS) is 10.7. The van der Waals surface area contributed by atoms with Crippen molar-refractivity contribution in [2.75, 3.05) is 5.32 Å². The van der Waals surface area contributed by atoms with E-state index in [0.29, 0.717) is 21.6 Å². The van der Waals surface area contributed by atoms with Crippen molar-refractivity contribution in [3.05, 3.63) is 75.8 Å². The van der Waals surface area contributed by atoms with Crippen LogP contribution in [0.1, 0.15) is 0 Å². The molecule has 0 aliphatic rings. The summed E-state index contributed by atoms with van der Waals surface area (Å²) in [7, 11) is 0. The highest BCUT2D eigenvalue weighted by Gasteiger charge is 2.08. The van der Waals surface area contributed by atoms with Crippen LogP contribution >= 0.6 is 11.6 Å². The maximum absolute atomic E-state index is 13.1. The molecule has 0 aliphatic carbocycles. The summed E-state index contributed by atoms with van der Waals surface area (Å²) in [4.78, 5) is 24.0. The monoisotopic (exact) mass is 330 g/mol. The molecule has 1 heterocycles. The molecule has 0 aliphatic heterocycles. The zero-order valence-electron chi connectivity index (χ0n) is 11.9. The number of aromatic nitrogens is 1. The lowest BCUT2D eigenvalue weighted by molar-refractivity contribution is -0.116. The fourth-order valence-corrected chi connectivity index (χ4v) is 2.52. The molecule has 6 heteroatoms. The van der Waals surface area contributed by atoms with Gasteiger partial charge in [0, 0.05) is 28.4 Å². The lowest BCUT2D eigenvalue weighted by Gasteiger charge is -2.11. The topological polar surface area (TPSA) is 51.1 Å². The Morgan fingerprint density at radius 3 is 2.78 bits per heavy atom. The molecule has 2 aromatic carbocycles. The van der Waals surface area contributed by atoms with E-state index in [-0.39, 0.29) is 17.9 Å². The number of nitrogens with zero attached hydrogens (tertiary/aromatic N) is 1. The van der Waals surface area contributed by atoms with Gasteiger partial charge in [0.05, 0.1) is 5.52 Å². The first-order valence-corrected chi connectivity index (χ1v) is 7.25. The van der Waals surface area contributed by atoms with Gasteiger partial charge in [-0.2, -0.15) is 0 Å². The molecule has 23 heavy (non-hydrogen) atoms. The molecule has 1 N–H and O–H groups in total. The van der Waals surface area contributed by atoms with Gasteiger partial charge in [-0.25, -0.2) is 4.39 Å². The second kappa shape index (κ2) is 6.22. The van der Waals surface area contributed by atoms with Crippen molar-refractivity contribution in [3.8, 4) is 0 Å². The molecule has 0 bridgehead atoms. The average molecular weight is 331 g/mol. The largest absolute Gasteiger partial charge is 0.338 e. The minimum atomic E-state index is -0.425. The van der Waals surface area contributed by atoms with Gasteiger partial charge in [-0.3, -0.25) is 9.59 Å². The first-order chi connectivity index (χ1) is 11.0. The number of benzene rings is 2.